The monoisotopic (exact) mass is 279 g/mol. The van der Waals surface area contributed by atoms with Gasteiger partial charge in [-0.2, -0.15) is 0 Å². The fraction of sp³-hybridized carbons (Fsp3) is 0.867. The van der Waals surface area contributed by atoms with Crippen LogP contribution in [-0.2, 0) is 13.5 Å². The zero-order valence-corrected chi connectivity index (χ0v) is 13.4. The van der Waals surface area contributed by atoms with Gasteiger partial charge in [0.2, 0.25) is 0 Å². The summed E-state index contributed by atoms with van der Waals surface area (Å²) in [5.74, 6) is 0. The second kappa shape index (κ2) is 6.68. The van der Waals surface area contributed by atoms with Gasteiger partial charge in [-0.1, -0.05) is 25.0 Å². The van der Waals surface area contributed by atoms with Crippen molar-refractivity contribution in [1.82, 2.24) is 25.2 Å². The topological polar surface area (TPSA) is 46.0 Å². The molecule has 1 unspecified atom stereocenters. The van der Waals surface area contributed by atoms with Crippen molar-refractivity contribution in [2.75, 3.05) is 20.6 Å². The Bertz CT molecular complexity index is 406. The van der Waals surface area contributed by atoms with E-state index in [0.29, 0.717) is 6.04 Å². The SMILES string of the molecule is CCCNC(Cc1cn(C)nn1)C1(N(C)C)CCCC1. The van der Waals surface area contributed by atoms with Crippen LogP contribution < -0.4 is 5.32 Å². The molecule has 20 heavy (non-hydrogen) atoms. The normalized spacial score (nSPS) is 19.6. The molecular formula is C15H29N5. The van der Waals surface area contributed by atoms with E-state index < -0.39 is 0 Å². The fourth-order valence-corrected chi connectivity index (χ4v) is 3.56. The Balaban J connectivity index is 2.16. The molecule has 1 atom stereocenters. The molecule has 0 amide bonds. The van der Waals surface area contributed by atoms with Crippen LogP contribution in [0.15, 0.2) is 6.20 Å². The largest absolute Gasteiger partial charge is 0.312 e. The molecule has 1 aliphatic rings. The van der Waals surface area contributed by atoms with Gasteiger partial charge in [-0.25, -0.2) is 0 Å². The first-order chi connectivity index (χ1) is 9.58. The van der Waals surface area contributed by atoms with E-state index >= 15 is 0 Å². The second-order valence-electron chi connectivity index (χ2n) is 6.30. The lowest BCUT2D eigenvalue weighted by molar-refractivity contribution is 0.104. The molecule has 5 heteroatoms. The van der Waals surface area contributed by atoms with Gasteiger partial charge < -0.3 is 10.2 Å². The number of aromatic nitrogens is 3. The molecule has 2 rings (SSSR count). The van der Waals surface area contributed by atoms with Crippen molar-refractivity contribution in [3.05, 3.63) is 11.9 Å². The molecule has 1 heterocycles. The first-order valence-electron chi connectivity index (χ1n) is 7.84. The summed E-state index contributed by atoms with van der Waals surface area (Å²) in [5.41, 5.74) is 1.36. The number of nitrogens with one attached hydrogen (secondary N) is 1. The predicted octanol–water partition coefficient (Wildman–Crippen LogP) is 1.60. The van der Waals surface area contributed by atoms with Gasteiger partial charge in [-0.05, 0) is 39.9 Å². The molecule has 1 N–H and O–H groups in total. The second-order valence-corrected chi connectivity index (χ2v) is 6.30. The summed E-state index contributed by atoms with van der Waals surface area (Å²) >= 11 is 0. The van der Waals surface area contributed by atoms with E-state index in [2.05, 4.69) is 41.5 Å². The Morgan fingerprint density at radius 3 is 2.60 bits per heavy atom. The van der Waals surface area contributed by atoms with Crippen LogP contribution in [0.5, 0.6) is 0 Å². The number of aryl methyl sites for hydroxylation is 1. The summed E-state index contributed by atoms with van der Waals surface area (Å²) in [7, 11) is 6.38. The Morgan fingerprint density at radius 1 is 1.40 bits per heavy atom. The van der Waals surface area contributed by atoms with Crippen molar-refractivity contribution in [3.63, 3.8) is 0 Å². The molecule has 0 radical (unpaired) electrons. The molecule has 0 saturated heterocycles. The van der Waals surface area contributed by atoms with Gasteiger partial charge in [0.05, 0.1) is 5.69 Å². The van der Waals surface area contributed by atoms with Gasteiger partial charge in [0.25, 0.3) is 0 Å². The van der Waals surface area contributed by atoms with Gasteiger partial charge in [-0.3, -0.25) is 4.68 Å². The molecule has 1 fully saturated rings. The average molecular weight is 279 g/mol. The maximum Gasteiger partial charge on any atom is 0.0843 e. The zero-order chi connectivity index (χ0) is 14.6. The van der Waals surface area contributed by atoms with Crippen molar-refractivity contribution in [2.45, 2.75) is 57.0 Å². The third kappa shape index (κ3) is 3.20. The third-order valence-corrected chi connectivity index (χ3v) is 4.71. The van der Waals surface area contributed by atoms with Crippen LogP contribution in [0.4, 0.5) is 0 Å². The molecule has 0 bridgehead atoms. The molecule has 1 aromatic heterocycles. The summed E-state index contributed by atoms with van der Waals surface area (Å²) in [6, 6.07) is 0.455. The van der Waals surface area contributed by atoms with E-state index in [1.54, 1.807) is 4.68 Å². The van der Waals surface area contributed by atoms with Crippen LogP contribution in [0.25, 0.3) is 0 Å². The number of likely N-dealkylation sites (N-methyl/N-ethyl adjacent to an activating group) is 1. The summed E-state index contributed by atoms with van der Waals surface area (Å²) in [6.45, 7) is 3.30. The van der Waals surface area contributed by atoms with Crippen molar-refractivity contribution in [3.8, 4) is 0 Å². The molecule has 1 saturated carbocycles. The Morgan fingerprint density at radius 2 is 2.10 bits per heavy atom. The fourth-order valence-electron chi connectivity index (χ4n) is 3.56. The minimum absolute atomic E-state index is 0.271. The molecule has 0 spiro atoms. The molecule has 0 aliphatic heterocycles. The first-order valence-corrected chi connectivity index (χ1v) is 7.84. The highest BCUT2D eigenvalue weighted by atomic mass is 15.4. The molecule has 0 aromatic carbocycles. The number of hydrogen-bond acceptors (Lipinski definition) is 4. The van der Waals surface area contributed by atoms with Crippen LogP contribution in [-0.4, -0.2) is 52.1 Å². The van der Waals surface area contributed by atoms with Crippen LogP contribution >= 0.6 is 0 Å². The van der Waals surface area contributed by atoms with E-state index in [0.717, 1.165) is 18.7 Å². The number of hydrogen-bond donors (Lipinski definition) is 1. The lowest BCUT2D eigenvalue weighted by Gasteiger charge is -2.43. The number of nitrogens with zero attached hydrogens (tertiary/aromatic N) is 4. The van der Waals surface area contributed by atoms with Crippen molar-refractivity contribution in [2.24, 2.45) is 7.05 Å². The summed E-state index contributed by atoms with van der Waals surface area (Å²) in [5, 5.41) is 12.1. The summed E-state index contributed by atoms with van der Waals surface area (Å²) < 4.78 is 1.79. The highest BCUT2D eigenvalue weighted by Gasteiger charge is 2.43. The van der Waals surface area contributed by atoms with Crippen molar-refractivity contribution < 1.29 is 0 Å². The summed E-state index contributed by atoms with van der Waals surface area (Å²) in [6.07, 6.45) is 9.40. The lowest BCUT2D eigenvalue weighted by atomic mass is 9.84. The van der Waals surface area contributed by atoms with Gasteiger partial charge in [0, 0.05) is 31.2 Å². The Hall–Kier alpha value is -0.940. The van der Waals surface area contributed by atoms with E-state index in [1.807, 2.05) is 13.2 Å². The number of rotatable bonds is 7. The predicted molar refractivity (Wildman–Crippen MR) is 81.7 cm³/mol. The molecule has 114 valence electrons. The van der Waals surface area contributed by atoms with E-state index in [1.165, 1.54) is 32.1 Å². The van der Waals surface area contributed by atoms with Gasteiger partial charge >= 0.3 is 0 Å². The van der Waals surface area contributed by atoms with Crippen LogP contribution in [0, 0.1) is 0 Å². The zero-order valence-electron chi connectivity index (χ0n) is 13.4. The maximum atomic E-state index is 4.28. The highest BCUT2D eigenvalue weighted by Crippen LogP contribution is 2.37. The quantitative estimate of drug-likeness (QED) is 0.823. The molecule has 1 aromatic rings. The molecule has 5 nitrogen and oxygen atoms in total. The minimum atomic E-state index is 0.271. The summed E-state index contributed by atoms with van der Waals surface area (Å²) in [4.78, 5) is 2.43. The van der Waals surface area contributed by atoms with Gasteiger partial charge in [0.1, 0.15) is 0 Å². The Kier molecular flexibility index (Phi) is 5.16. The smallest absolute Gasteiger partial charge is 0.0843 e. The van der Waals surface area contributed by atoms with Gasteiger partial charge in [-0.15, -0.1) is 5.10 Å². The van der Waals surface area contributed by atoms with Crippen molar-refractivity contribution >= 4 is 0 Å². The van der Waals surface area contributed by atoms with Crippen LogP contribution in [0.3, 0.4) is 0 Å². The van der Waals surface area contributed by atoms with Crippen LogP contribution in [0.2, 0.25) is 0 Å². The third-order valence-electron chi connectivity index (χ3n) is 4.71. The van der Waals surface area contributed by atoms with Gasteiger partial charge in [0.15, 0.2) is 0 Å². The van der Waals surface area contributed by atoms with E-state index in [4.69, 9.17) is 0 Å². The van der Waals surface area contributed by atoms with E-state index in [9.17, 15) is 0 Å². The highest BCUT2D eigenvalue weighted by molar-refractivity contribution is 5.07. The molecular weight excluding hydrogens is 250 g/mol. The maximum absolute atomic E-state index is 4.28. The minimum Gasteiger partial charge on any atom is -0.312 e. The van der Waals surface area contributed by atoms with Crippen LogP contribution in [0.1, 0.15) is 44.7 Å². The lowest BCUT2D eigenvalue weighted by Crippen LogP contribution is -2.58. The first kappa shape index (κ1) is 15.4. The molecule has 1 aliphatic carbocycles. The Labute approximate surface area is 122 Å². The van der Waals surface area contributed by atoms with Crippen molar-refractivity contribution in [1.29, 1.82) is 0 Å². The standard InChI is InChI=1S/C15H29N5/c1-5-10-16-14(11-13-12-20(4)18-17-13)15(19(2)3)8-6-7-9-15/h12,14,16H,5-11H2,1-4H3. The van der Waals surface area contributed by atoms with E-state index in [-0.39, 0.29) is 5.54 Å². The average Bonchev–Trinajstić information content (AvgIpc) is 3.04.